The van der Waals surface area contributed by atoms with Gasteiger partial charge in [0.1, 0.15) is 0 Å². The molecule has 2 rings (SSSR count). The van der Waals surface area contributed by atoms with E-state index in [9.17, 15) is 24.5 Å². The Kier molecular flexibility index (Phi) is 5.62. The number of benzene rings is 1. The molecule has 0 bridgehead atoms. The second kappa shape index (κ2) is 7.08. The number of phosphoric acid groups is 1. The molecule has 2 aromatic rings. The van der Waals surface area contributed by atoms with E-state index in [0.29, 0.717) is 11.1 Å². The van der Waals surface area contributed by atoms with Crippen LogP contribution in [0.25, 0.3) is 11.1 Å². The Labute approximate surface area is 163 Å². The molecule has 0 fully saturated rings. The molecule has 1 aromatic carbocycles. The van der Waals surface area contributed by atoms with Crippen molar-refractivity contribution >= 4 is 13.5 Å². The molecule has 0 spiro atoms. The van der Waals surface area contributed by atoms with Crippen LogP contribution in [0, 0.1) is 20.9 Å². The summed E-state index contributed by atoms with van der Waals surface area (Å²) in [5.74, 6) is 0. The quantitative estimate of drug-likeness (QED) is 0.426. The van der Waals surface area contributed by atoms with Gasteiger partial charge in [-0.25, -0.2) is 9.25 Å². The zero-order valence-electron chi connectivity index (χ0n) is 16.8. The van der Waals surface area contributed by atoms with Crippen LogP contribution in [0.15, 0.2) is 36.7 Å². The average Bonchev–Trinajstić information content (AvgIpc) is 2.99. The van der Waals surface area contributed by atoms with E-state index in [1.54, 1.807) is 18.3 Å². The third-order valence-electron chi connectivity index (χ3n) is 4.58. The second-order valence-electron chi connectivity index (χ2n) is 8.71. The van der Waals surface area contributed by atoms with Gasteiger partial charge >= 0.3 is 7.82 Å². The van der Waals surface area contributed by atoms with Gasteiger partial charge in [0.25, 0.3) is 5.69 Å². The van der Waals surface area contributed by atoms with Crippen molar-refractivity contribution in [2.75, 3.05) is 0 Å². The van der Waals surface area contributed by atoms with Crippen LogP contribution in [-0.4, -0.2) is 24.5 Å². The zero-order chi connectivity index (χ0) is 21.5. The van der Waals surface area contributed by atoms with Crippen LogP contribution in [0.2, 0.25) is 0 Å². The molecule has 2 N–H and O–H groups in total. The maximum Gasteiger partial charge on any atom is 0.471 e. The Morgan fingerprint density at radius 2 is 1.68 bits per heavy atom. The molecule has 0 radical (unpaired) electrons. The van der Waals surface area contributed by atoms with Gasteiger partial charge < -0.3 is 9.79 Å². The number of aromatic nitrogens is 2. The maximum absolute atomic E-state index is 11.9. The van der Waals surface area contributed by atoms with Crippen molar-refractivity contribution in [3.05, 3.63) is 46.8 Å². The van der Waals surface area contributed by atoms with Crippen molar-refractivity contribution in [3.63, 3.8) is 0 Å². The molecule has 0 saturated carbocycles. The van der Waals surface area contributed by atoms with Crippen molar-refractivity contribution in [2.24, 2.45) is 10.8 Å². The van der Waals surface area contributed by atoms with Crippen LogP contribution in [0.4, 0.5) is 5.69 Å². The summed E-state index contributed by atoms with van der Waals surface area (Å²) in [7, 11) is -4.88. The van der Waals surface area contributed by atoms with Crippen molar-refractivity contribution in [1.82, 2.24) is 9.78 Å². The highest BCUT2D eigenvalue weighted by Crippen LogP contribution is 2.58. The summed E-state index contributed by atoms with van der Waals surface area (Å²) in [6.07, 6.45) is 3.08. The lowest BCUT2D eigenvalue weighted by molar-refractivity contribution is -0.384. The molecule has 0 atom stereocenters. The molecule has 10 heteroatoms. The highest BCUT2D eigenvalue weighted by Gasteiger charge is 2.57. The summed E-state index contributed by atoms with van der Waals surface area (Å²) in [6, 6.07) is 6.08. The van der Waals surface area contributed by atoms with Gasteiger partial charge in [-0.2, -0.15) is 5.10 Å². The maximum atomic E-state index is 11.9. The fourth-order valence-electron chi connectivity index (χ4n) is 3.74. The first-order chi connectivity index (χ1) is 12.6. The van der Waals surface area contributed by atoms with Crippen LogP contribution in [0.1, 0.15) is 41.5 Å². The first-order valence-electron chi connectivity index (χ1n) is 8.65. The van der Waals surface area contributed by atoms with E-state index in [-0.39, 0.29) is 5.69 Å². The average molecular weight is 411 g/mol. The number of rotatable bonds is 5. The summed E-state index contributed by atoms with van der Waals surface area (Å²) in [6.45, 7) is 10.8. The highest BCUT2D eigenvalue weighted by molar-refractivity contribution is 7.46. The number of phosphoric ester groups is 1. The smallest absolute Gasteiger partial charge is 0.303 e. The van der Waals surface area contributed by atoms with Gasteiger partial charge in [-0.1, -0.05) is 53.7 Å². The van der Waals surface area contributed by atoms with E-state index in [2.05, 4.69) is 5.10 Å². The monoisotopic (exact) mass is 411 g/mol. The number of hydrogen-bond acceptors (Lipinski definition) is 5. The number of nitrogens with zero attached hydrogens (tertiary/aromatic N) is 3. The molecule has 0 aliphatic heterocycles. The topological polar surface area (TPSA) is 128 Å². The summed E-state index contributed by atoms with van der Waals surface area (Å²) in [5, 5.41) is 15.4. The van der Waals surface area contributed by atoms with E-state index in [0.717, 1.165) is 0 Å². The van der Waals surface area contributed by atoms with Crippen molar-refractivity contribution in [3.8, 4) is 11.1 Å². The minimum absolute atomic E-state index is 0.0605. The summed E-state index contributed by atoms with van der Waals surface area (Å²) < 4.78 is 18.7. The molecular formula is C18H26N3O6P. The van der Waals surface area contributed by atoms with E-state index in [4.69, 9.17) is 4.52 Å². The minimum atomic E-state index is -4.88. The molecule has 1 heterocycles. The lowest BCUT2D eigenvalue weighted by Gasteiger charge is -2.52. The van der Waals surface area contributed by atoms with Crippen LogP contribution in [0.3, 0.4) is 0 Å². The Hall–Kier alpha value is -2.06. The van der Waals surface area contributed by atoms with Crippen LogP contribution in [0.5, 0.6) is 0 Å². The number of non-ortho nitro benzene ring substituents is 1. The van der Waals surface area contributed by atoms with Gasteiger partial charge in [0.15, 0.2) is 5.72 Å². The number of nitro benzene ring substituents is 1. The van der Waals surface area contributed by atoms with Gasteiger partial charge in [-0.3, -0.25) is 14.6 Å². The van der Waals surface area contributed by atoms with Gasteiger partial charge in [-0.15, -0.1) is 0 Å². The summed E-state index contributed by atoms with van der Waals surface area (Å²) in [5.41, 5.74) is -1.96. The fourth-order valence-corrected chi connectivity index (χ4v) is 4.72. The lowest BCUT2D eigenvalue weighted by Crippen LogP contribution is -2.56. The number of hydrogen-bond donors (Lipinski definition) is 2. The van der Waals surface area contributed by atoms with Crippen molar-refractivity contribution in [1.29, 1.82) is 0 Å². The molecule has 0 unspecified atom stereocenters. The van der Waals surface area contributed by atoms with E-state index < -0.39 is 29.3 Å². The molecule has 154 valence electrons. The Morgan fingerprint density at radius 3 is 2.14 bits per heavy atom. The molecule has 0 saturated heterocycles. The zero-order valence-corrected chi connectivity index (χ0v) is 17.7. The summed E-state index contributed by atoms with van der Waals surface area (Å²) >= 11 is 0. The van der Waals surface area contributed by atoms with Crippen LogP contribution < -0.4 is 0 Å². The molecule has 0 aliphatic carbocycles. The molecule has 9 nitrogen and oxygen atoms in total. The number of nitro groups is 1. The third kappa shape index (κ3) is 4.17. The van der Waals surface area contributed by atoms with Crippen molar-refractivity contribution < 1.29 is 23.8 Å². The molecule has 0 aliphatic rings. The van der Waals surface area contributed by atoms with Crippen molar-refractivity contribution in [2.45, 2.75) is 47.3 Å². The van der Waals surface area contributed by atoms with E-state index in [1.165, 1.54) is 23.0 Å². The standard InChI is InChI=1S/C18H26N3O6P/c1-16(2,3)18(17(4,5)6,27-28(24,25)26)20-12-14(11-19-20)13-8-7-9-15(10-13)21(22)23/h7-12H,1-6H3,(H2,24,25,26). The van der Waals surface area contributed by atoms with Gasteiger partial charge in [0, 0.05) is 34.7 Å². The third-order valence-corrected chi connectivity index (χ3v) is 5.08. The normalized spacial score (nSPS) is 13.6. The lowest BCUT2D eigenvalue weighted by atomic mass is 9.68. The highest BCUT2D eigenvalue weighted by atomic mass is 31.2. The fraction of sp³-hybridized carbons (Fsp3) is 0.500. The Bertz CT molecular complexity index is 906. The second-order valence-corrected chi connectivity index (χ2v) is 9.87. The first-order valence-corrected chi connectivity index (χ1v) is 10.2. The SMILES string of the molecule is CC(C)(C)C(OP(=O)(O)O)(n1cc(-c2cccc([N+](=O)[O-])c2)cn1)C(C)(C)C. The molecule has 0 amide bonds. The van der Waals surface area contributed by atoms with E-state index >= 15 is 0 Å². The molecule has 28 heavy (non-hydrogen) atoms. The largest absolute Gasteiger partial charge is 0.471 e. The van der Waals surface area contributed by atoms with Crippen LogP contribution in [-0.2, 0) is 14.8 Å². The molecule has 1 aromatic heterocycles. The predicted molar refractivity (Wildman–Crippen MR) is 104 cm³/mol. The van der Waals surface area contributed by atoms with E-state index in [1.807, 2.05) is 41.5 Å². The first kappa shape index (κ1) is 22.2. The van der Waals surface area contributed by atoms with Gasteiger partial charge in [0.05, 0.1) is 11.1 Å². The van der Waals surface area contributed by atoms with Gasteiger partial charge in [0.2, 0.25) is 0 Å². The Balaban J connectivity index is 2.69. The molecular weight excluding hydrogens is 385 g/mol. The predicted octanol–water partition coefficient (Wildman–Crippen LogP) is 4.31. The Morgan fingerprint density at radius 1 is 1.11 bits per heavy atom. The minimum Gasteiger partial charge on any atom is -0.303 e. The summed E-state index contributed by atoms with van der Waals surface area (Å²) in [4.78, 5) is 29.8. The van der Waals surface area contributed by atoms with Crippen LogP contribution >= 0.6 is 7.82 Å². The van der Waals surface area contributed by atoms with Gasteiger partial charge in [-0.05, 0) is 5.56 Å².